The number of aryl methyl sites for hydroxylation is 1. The first-order valence-electron chi connectivity index (χ1n) is 9.70. The Morgan fingerprint density at radius 2 is 1.74 bits per heavy atom. The molecule has 1 amide bonds. The fraction of sp³-hybridized carbons (Fsp3) is 0.458. The predicted octanol–water partition coefficient (Wildman–Crippen LogP) is 5.61. The Balaban J connectivity index is 2.16. The highest BCUT2D eigenvalue weighted by molar-refractivity contribution is 5.96. The van der Waals surface area contributed by atoms with Gasteiger partial charge in [0, 0.05) is 11.6 Å². The van der Waals surface area contributed by atoms with Gasteiger partial charge in [0.2, 0.25) is 0 Å². The van der Waals surface area contributed by atoms with E-state index in [9.17, 15) is 4.79 Å². The summed E-state index contributed by atoms with van der Waals surface area (Å²) in [4.78, 5) is 12.9. The lowest BCUT2D eigenvalue weighted by Gasteiger charge is -2.29. The number of ether oxygens (including phenoxy) is 1. The minimum absolute atomic E-state index is 0.00793. The van der Waals surface area contributed by atoms with Crippen molar-refractivity contribution < 1.29 is 9.53 Å². The van der Waals surface area contributed by atoms with E-state index in [-0.39, 0.29) is 17.4 Å². The zero-order valence-electron chi connectivity index (χ0n) is 17.7. The first kappa shape index (κ1) is 21.0. The SMILES string of the molecule is COc1cc(C)c(C(=O)N[C@H](C)CC(C)(C)c2ccccc2)cc1C(C)C. The normalized spacial score (nSPS) is 12.7. The Labute approximate surface area is 164 Å². The summed E-state index contributed by atoms with van der Waals surface area (Å²) in [6.45, 7) is 12.7. The second kappa shape index (κ2) is 8.60. The van der Waals surface area contributed by atoms with Gasteiger partial charge in [-0.3, -0.25) is 4.79 Å². The molecule has 0 aliphatic carbocycles. The third-order valence-corrected chi connectivity index (χ3v) is 5.19. The van der Waals surface area contributed by atoms with Crippen molar-refractivity contribution in [3.63, 3.8) is 0 Å². The molecule has 0 unspecified atom stereocenters. The summed E-state index contributed by atoms with van der Waals surface area (Å²) in [5.74, 6) is 1.12. The third kappa shape index (κ3) is 5.12. The van der Waals surface area contributed by atoms with Crippen LogP contribution in [0.4, 0.5) is 0 Å². The van der Waals surface area contributed by atoms with Gasteiger partial charge in [-0.1, -0.05) is 58.0 Å². The van der Waals surface area contributed by atoms with E-state index < -0.39 is 0 Å². The Morgan fingerprint density at radius 3 is 2.30 bits per heavy atom. The van der Waals surface area contributed by atoms with Gasteiger partial charge in [-0.15, -0.1) is 0 Å². The van der Waals surface area contributed by atoms with Crippen LogP contribution in [-0.4, -0.2) is 19.1 Å². The summed E-state index contributed by atoms with van der Waals surface area (Å²) in [5.41, 5.74) is 4.00. The molecule has 0 bridgehead atoms. The lowest BCUT2D eigenvalue weighted by molar-refractivity contribution is 0.0933. The molecule has 2 aromatic carbocycles. The highest BCUT2D eigenvalue weighted by Gasteiger charge is 2.25. The van der Waals surface area contributed by atoms with Gasteiger partial charge in [0.15, 0.2) is 0 Å². The van der Waals surface area contributed by atoms with E-state index in [1.165, 1.54) is 5.56 Å². The van der Waals surface area contributed by atoms with Gasteiger partial charge in [-0.2, -0.15) is 0 Å². The van der Waals surface area contributed by atoms with Crippen molar-refractivity contribution in [3.05, 3.63) is 64.7 Å². The van der Waals surface area contributed by atoms with Crippen LogP contribution in [0.5, 0.6) is 5.75 Å². The van der Waals surface area contributed by atoms with Crippen molar-refractivity contribution in [2.75, 3.05) is 7.11 Å². The lowest BCUT2D eigenvalue weighted by atomic mass is 9.79. The van der Waals surface area contributed by atoms with Gasteiger partial charge in [0.05, 0.1) is 7.11 Å². The minimum atomic E-state index is -0.0200. The number of carbonyl (C=O) groups excluding carboxylic acids is 1. The van der Waals surface area contributed by atoms with Crippen molar-refractivity contribution in [2.24, 2.45) is 0 Å². The number of rotatable bonds is 7. The third-order valence-electron chi connectivity index (χ3n) is 5.19. The molecule has 1 atom stereocenters. The summed E-state index contributed by atoms with van der Waals surface area (Å²) in [5, 5.41) is 3.19. The molecule has 0 saturated heterocycles. The smallest absolute Gasteiger partial charge is 0.251 e. The maximum atomic E-state index is 12.9. The van der Waals surface area contributed by atoms with Crippen molar-refractivity contribution in [1.29, 1.82) is 0 Å². The molecule has 2 aromatic rings. The molecule has 146 valence electrons. The van der Waals surface area contributed by atoms with Gasteiger partial charge >= 0.3 is 0 Å². The van der Waals surface area contributed by atoms with Crippen LogP contribution in [0.2, 0.25) is 0 Å². The molecule has 0 aliphatic rings. The standard InChI is InChI=1S/C24H33NO2/c1-16(2)20-14-21(17(3)13-22(20)27-7)23(26)25-18(4)15-24(5,6)19-11-9-8-10-12-19/h8-14,16,18H,15H2,1-7H3,(H,25,26)/t18-/m1/s1. The molecule has 3 heteroatoms. The zero-order chi connectivity index (χ0) is 20.2. The minimum Gasteiger partial charge on any atom is -0.496 e. The fourth-order valence-electron chi connectivity index (χ4n) is 3.70. The van der Waals surface area contributed by atoms with Crippen LogP contribution in [0, 0.1) is 6.92 Å². The maximum Gasteiger partial charge on any atom is 0.251 e. The van der Waals surface area contributed by atoms with Crippen LogP contribution < -0.4 is 10.1 Å². The largest absolute Gasteiger partial charge is 0.496 e. The Morgan fingerprint density at radius 1 is 1.11 bits per heavy atom. The van der Waals surface area contributed by atoms with E-state index in [1.807, 2.05) is 25.1 Å². The number of methoxy groups -OCH3 is 1. The monoisotopic (exact) mass is 367 g/mol. The molecule has 0 saturated carbocycles. The van der Waals surface area contributed by atoms with Crippen molar-refractivity contribution in [2.45, 2.75) is 65.3 Å². The first-order valence-corrected chi connectivity index (χ1v) is 9.70. The Hall–Kier alpha value is -2.29. The molecule has 0 radical (unpaired) electrons. The van der Waals surface area contributed by atoms with Gasteiger partial charge in [0.25, 0.3) is 5.91 Å². The fourth-order valence-corrected chi connectivity index (χ4v) is 3.70. The second-order valence-electron chi connectivity index (χ2n) is 8.39. The van der Waals surface area contributed by atoms with Crippen molar-refractivity contribution >= 4 is 5.91 Å². The predicted molar refractivity (Wildman–Crippen MR) is 113 cm³/mol. The molecule has 1 N–H and O–H groups in total. The number of nitrogens with one attached hydrogen (secondary N) is 1. The maximum absolute atomic E-state index is 12.9. The van der Waals surface area contributed by atoms with Crippen molar-refractivity contribution in [3.8, 4) is 5.75 Å². The van der Waals surface area contributed by atoms with Crippen LogP contribution >= 0.6 is 0 Å². The first-order chi connectivity index (χ1) is 12.7. The quantitative estimate of drug-likeness (QED) is 0.690. The highest BCUT2D eigenvalue weighted by atomic mass is 16.5. The average molecular weight is 368 g/mol. The number of hydrogen-bond donors (Lipinski definition) is 1. The average Bonchev–Trinajstić information content (AvgIpc) is 2.61. The zero-order valence-corrected chi connectivity index (χ0v) is 17.7. The van der Waals surface area contributed by atoms with Crippen molar-refractivity contribution in [1.82, 2.24) is 5.32 Å². The summed E-state index contributed by atoms with van der Waals surface area (Å²) in [6, 6.07) is 14.5. The van der Waals surface area contributed by atoms with Gasteiger partial charge in [-0.25, -0.2) is 0 Å². The van der Waals surface area contributed by atoms with Gasteiger partial charge in [-0.05, 0) is 60.4 Å². The number of amides is 1. The van der Waals surface area contributed by atoms with Crippen LogP contribution in [0.25, 0.3) is 0 Å². The highest BCUT2D eigenvalue weighted by Crippen LogP contribution is 2.31. The lowest BCUT2D eigenvalue weighted by Crippen LogP contribution is -2.37. The van der Waals surface area contributed by atoms with E-state index in [2.05, 4.69) is 64.2 Å². The van der Waals surface area contributed by atoms with Crippen LogP contribution in [0.1, 0.15) is 74.0 Å². The molecule has 3 nitrogen and oxygen atoms in total. The Kier molecular flexibility index (Phi) is 6.69. The second-order valence-corrected chi connectivity index (χ2v) is 8.39. The van der Waals surface area contributed by atoms with Crippen LogP contribution in [0.15, 0.2) is 42.5 Å². The topological polar surface area (TPSA) is 38.3 Å². The molecule has 0 aromatic heterocycles. The van der Waals surface area contributed by atoms with E-state index in [1.54, 1.807) is 7.11 Å². The van der Waals surface area contributed by atoms with Crippen LogP contribution in [-0.2, 0) is 5.41 Å². The molecule has 27 heavy (non-hydrogen) atoms. The summed E-state index contributed by atoms with van der Waals surface area (Å²) < 4.78 is 5.49. The van der Waals surface area contributed by atoms with E-state index in [0.717, 1.165) is 28.9 Å². The Bertz CT molecular complexity index is 778. The van der Waals surface area contributed by atoms with Gasteiger partial charge < -0.3 is 10.1 Å². The van der Waals surface area contributed by atoms with E-state index in [0.29, 0.717) is 5.92 Å². The van der Waals surface area contributed by atoms with E-state index >= 15 is 0 Å². The molecule has 0 heterocycles. The number of benzene rings is 2. The number of hydrogen-bond acceptors (Lipinski definition) is 2. The molecular weight excluding hydrogens is 334 g/mol. The molecule has 0 fully saturated rings. The summed E-state index contributed by atoms with van der Waals surface area (Å²) in [6.07, 6.45) is 0.870. The molecule has 0 aliphatic heterocycles. The molecule has 0 spiro atoms. The molecular formula is C24H33NO2. The summed E-state index contributed by atoms with van der Waals surface area (Å²) in [7, 11) is 1.67. The van der Waals surface area contributed by atoms with Gasteiger partial charge in [0.1, 0.15) is 5.75 Å². The van der Waals surface area contributed by atoms with Crippen LogP contribution in [0.3, 0.4) is 0 Å². The van der Waals surface area contributed by atoms with E-state index in [4.69, 9.17) is 4.74 Å². The number of carbonyl (C=O) groups is 1. The summed E-state index contributed by atoms with van der Waals surface area (Å²) >= 11 is 0. The molecule has 2 rings (SSSR count).